The van der Waals surface area contributed by atoms with E-state index < -0.39 is 43.4 Å². The van der Waals surface area contributed by atoms with E-state index in [9.17, 15) is 9.36 Å². The summed E-state index contributed by atoms with van der Waals surface area (Å²) in [5, 5.41) is 2.75. The first-order valence-electron chi connectivity index (χ1n) is 15.1. The second kappa shape index (κ2) is 16.2. The van der Waals surface area contributed by atoms with Crippen molar-refractivity contribution >= 4 is 13.7 Å². The Labute approximate surface area is 266 Å². The molecule has 1 aliphatic rings. The van der Waals surface area contributed by atoms with Crippen LogP contribution in [0.5, 0.6) is 17.6 Å². The highest BCUT2D eigenvalue weighted by Crippen LogP contribution is 2.47. The molecule has 0 saturated carbocycles. The lowest BCUT2D eigenvalue weighted by Crippen LogP contribution is -2.49. The number of carbonyl (C=O) groups excluding carboxylic acids is 1. The summed E-state index contributed by atoms with van der Waals surface area (Å²) < 4.78 is 61.0. The number of nitrogens with zero attached hydrogens (tertiary/aromatic N) is 2. The van der Waals surface area contributed by atoms with Crippen LogP contribution in [0.1, 0.15) is 73.0 Å². The highest BCUT2D eigenvalue weighted by molar-refractivity contribution is 7.52. The van der Waals surface area contributed by atoms with Gasteiger partial charge >= 0.3 is 19.7 Å². The van der Waals surface area contributed by atoms with Gasteiger partial charge in [0, 0.05) is 6.20 Å². The van der Waals surface area contributed by atoms with E-state index >= 15 is 0 Å². The summed E-state index contributed by atoms with van der Waals surface area (Å²) in [5.41, 5.74) is -0.715. The monoisotopic (exact) mass is 653 g/mol. The SMILES string of the molecule is CCC(CC)COC(=O)[C@H](C)NP(=O)(OC[C@@](C)(OC(C)c1cnc(OC)nc1OC)[C@@H]1COC(C)(C)O1)Oc1ccccc1. The van der Waals surface area contributed by atoms with E-state index in [4.69, 9.17) is 37.5 Å². The molecule has 252 valence electrons. The minimum absolute atomic E-state index is 0.140. The number of carbonyl (C=O) groups is 1. The third-order valence-corrected chi connectivity index (χ3v) is 9.14. The van der Waals surface area contributed by atoms with Crippen molar-refractivity contribution in [3.05, 3.63) is 42.1 Å². The van der Waals surface area contributed by atoms with Crippen molar-refractivity contribution < 1.29 is 46.8 Å². The summed E-state index contributed by atoms with van der Waals surface area (Å²) in [4.78, 5) is 21.3. The highest BCUT2D eigenvalue weighted by atomic mass is 31.2. The molecule has 3 rings (SSSR count). The van der Waals surface area contributed by atoms with Gasteiger partial charge in [-0.05, 0) is 52.7 Å². The van der Waals surface area contributed by atoms with Gasteiger partial charge in [-0.15, -0.1) is 0 Å². The molecule has 14 heteroatoms. The number of hydrogen-bond donors (Lipinski definition) is 1. The van der Waals surface area contributed by atoms with Crippen LogP contribution in [-0.2, 0) is 32.8 Å². The Bertz CT molecular complexity index is 1280. The molecule has 1 aliphatic heterocycles. The van der Waals surface area contributed by atoms with Crippen molar-refractivity contribution in [2.24, 2.45) is 5.92 Å². The summed E-state index contributed by atoms with van der Waals surface area (Å²) in [6, 6.07) is 7.67. The van der Waals surface area contributed by atoms with Gasteiger partial charge in [0.15, 0.2) is 5.79 Å². The van der Waals surface area contributed by atoms with E-state index in [2.05, 4.69) is 15.1 Å². The molecule has 2 unspecified atom stereocenters. The third kappa shape index (κ3) is 10.4. The summed E-state index contributed by atoms with van der Waals surface area (Å²) in [7, 11) is -1.28. The van der Waals surface area contributed by atoms with Crippen molar-refractivity contribution in [2.75, 3.05) is 34.0 Å². The van der Waals surface area contributed by atoms with Crippen LogP contribution in [0.25, 0.3) is 0 Å². The number of methoxy groups -OCH3 is 2. The average molecular weight is 654 g/mol. The first-order valence-corrected chi connectivity index (χ1v) is 16.7. The van der Waals surface area contributed by atoms with Crippen LogP contribution in [0.2, 0.25) is 0 Å². The van der Waals surface area contributed by atoms with Crippen molar-refractivity contribution in [1.29, 1.82) is 0 Å². The van der Waals surface area contributed by atoms with E-state index in [-0.39, 0.29) is 43.4 Å². The molecule has 0 bridgehead atoms. The first-order chi connectivity index (χ1) is 21.3. The van der Waals surface area contributed by atoms with Gasteiger partial charge in [0.2, 0.25) is 5.88 Å². The number of rotatable bonds is 18. The van der Waals surface area contributed by atoms with Crippen molar-refractivity contribution in [1.82, 2.24) is 15.1 Å². The molecule has 1 N–H and O–H groups in total. The van der Waals surface area contributed by atoms with E-state index in [1.54, 1.807) is 71.1 Å². The maximum atomic E-state index is 14.3. The van der Waals surface area contributed by atoms with Crippen LogP contribution in [0, 0.1) is 5.92 Å². The molecular formula is C31H48N3O10P. The maximum absolute atomic E-state index is 14.3. The van der Waals surface area contributed by atoms with E-state index in [1.807, 2.05) is 13.8 Å². The molecule has 0 amide bonds. The zero-order valence-corrected chi connectivity index (χ0v) is 28.6. The summed E-state index contributed by atoms with van der Waals surface area (Å²) >= 11 is 0. The second-order valence-electron chi connectivity index (χ2n) is 11.5. The van der Waals surface area contributed by atoms with E-state index in [0.29, 0.717) is 5.56 Å². The lowest BCUT2D eigenvalue weighted by Gasteiger charge is -2.38. The Morgan fingerprint density at radius 3 is 2.42 bits per heavy atom. The minimum atomic E-state index is -4.22. The lowest BCUT2D eigenvalue weighted by molar-refractivity contribution is -0.199. The standard InChI is InChI=1S/C31H48N3O10P/c1-10-23(11-2)18-39-28(35)21(3)34-45(36,44-24-15-13-12-14-16-24)41-20-31(7,26-19-40-30(5,6)43-26)42-22(4)25-17-32-29(38-9)33-27(25)37-8/h12-17,21-23,26H,10-11,18-20H2,1-9H3,(H,34,36)/t21-,22?,26-,31+,45?/m0/s1. The highest BCUT2D eigenvalue weighted by Gasteiger charge is 2.48. The number of ether oxygens (including phenoxy) is 6. The molecule has 5 atom stereocenters. The van der Waals surface area contributed by atoms with Crippen LogP contribution in [-0.4, -0.2) is 73.5 Å². The van der Waals surface area contributed by atoms with Gasteiger partial charge < -0.3 is 32.9 Å². The van der Waals surface area contributed by atoms with Crippen molar-refractivity contribution in [3.8, 4) is 17.6 Å². The maximum Gasteiger partial charge on any atom is 0.459 e. The molecule has 2 aromatic rings. The molecular weight excluding hydrogens is 605 g/mol. The summed E-state index contributed by atoms with van der Waals surface area (Å²) in [6.07, 6.45) is 2.01. The van der Waals surface area contributed by atoms with Crippen LogP contribution < -0.4 is 19.1 Å². The first kappa shape index (κ1) is 36.7. The number of nitrogens with one attached hydrogen (secondary N) is 1. The number of esters is 1. The molecule has 1 aromatic carbocycles. The molecule has 2 heterocycles. The Hall–Kier alpha value is -2.80. The van der Waals surface area contributed by atoms with Gasteiger partial charge in [0.05, 0.1) is 45.7 Å². The zero-order valence-electron chi connectivity index (χ0n) is 27.7. The van der Waals surface area contributed by atoms with Crippen LogP contribution in [0.3, 0.4) is 0 Å². The molecule has 1 fully saturated rings. The van der Waals surface area contributed by atoms with E-state index in [0.717, 1.165) is 12.8 Å². The number of para-hydroxylation sites is 1. The number of hydrogen-bond acceptors (Lipinski definition) is 12. The molecule has 13 nitrogen and oxygen atoms in total. The van der Waals surface area contributed by atoms with Gasteiger partial charge in [-0.25, -0.2) is 9.55 Å². The third-order valence-electron chi connectivity index (χ3n) is 7.52. The minimum Gasteiger partial charge on any atom is -0.481 e. The Morgan fingerprint density at radius 1 is 1.16 bits per heavy atom. The quantitative estimate of drug-likeness (QED) is 0.156. The number of aromatic nitrogens is 2. The zero-order chi connectivity index (χ0) is 33.3. The molecule has 0 spiro atoms. The lowest BCUT2D eigenvalue weighted by atomic mass is 9.99. The smallest absolute Gasteiger partial charge is 0.459 e. The van der Waals surface area contributed by atoms with Gasteiger partial charge in [-0.3, -0.25) is 9.32 Å². The Morgan fingerprint density at radius 2 is 1.84 bits per heavy atom. The average Bonchev–Trinajstić information content (AvgIpc) is 3.40. The Balaban J connectivity index is 1.88. The second-order valence-corrected chi connectivity index (χ2v) is 13.2. The van der Waals surface area contributed by atoms with Crippen LogP contribution in [0.15, 0.2) is 36.5 Å². The predicted octanol–water partition coefficient (Wildman–Crippen LogP) is 5.64. The van der Waals surface area contributed by atoms with Gasteiger partial charge in [-0.2, -0.15) is 10.1 Å². The fourth-order valence-electron chi connectivity index (χ4n) is 4.62. The van der Waals surface area contributed by atoms with E-state index in [1.165, 1.54) is 14.2 Å². The molecule has 0 aliphatic carbocycles. The topological polar surface area (TPSA) is 146 Å². The normalized spacial score (nSPS) is 20.1. The number of benzene rings is 1. The van der Waals surface area contributed by atoms with Crippen LogP contribution in [0.4, 0.5) is 0 Å². The van der Waals surface area contributed by atoms with Crippen molar-refractivity contribution in [3.63, 3.8) is 0 Å². The molecule has 0 radical (unpaired) electrons. The molecule has 1 saturated heterocycles. The van der Waals surface area contributed by atoms with Gasteiger partial charge in [0.25, 0.3) is 0 Å². The predicted molar refractivity (Wildman–Crippen MR) is 166 cm³/mol. The Kier molecular flexibility index (Phi) is 13.2. The summed E-state index contributed by atoms with van der Waals surface area (Å²) in [5.74, 6) is -0.687. The molecule has 1 aromatic heterocycles. The largest absolute Gasteiger partial charge is 0.481 e. The summed E-state index contributed by atoms with van der Waals surface area (Å²) in [6.45, 7) is 12.9. The fraction of sp³-hybridized carbons (Fsp3) is 0.645. The van der Waals surface area contributed by atoms with Crippen molar-refractivity contribution in [2.45, 2.75) is 90.9 Å². The van der Waals surface area contributed by atoms with Gasteiger partial charge in [0.1, 0.15) is 23.5 Å². The van der Waals surface area contributed by atoms with Crippen LogP contribution >= 0.6 is 7.75 Å². The molecule has 45 heavy (non-hydrogen) atoms. The van der Waals surface area contributed by atoms with Gasteiger partial charge in [-0.1, -0.05) is 44.9 Å². The fourth-order valence-corrected chi connectivity index (χ4v) is 6.21.